The number of hydrogen-bond acceptors (Lipinski definition) is 4. The van der Waals surface area contributed by atoms with Crippen LogP contribution in [0, 0.1) is 6.92 Å². The van der Waals surface area contributed by atoms with Gasteiger partial charge in [-0.25, -0.2) is 8.42 Å². The summed E-state index contributed by atoms with van der Waals surface area (Å²) < 4.78 is 74.4. The molecule has 5 nitrogen and oxygen atoms in total. The lowest BCUT2D eigenvalue weighted by Gasteiger charge is -2.33. The van der Waals surface area contributed by atoms with Crippen molar-refractivity contribution in [1.82, 2.24) is 4.31 Å². The Morgan fingerprint density at radius 3 is 2.64 bits per heavy atom. The molecule has 1 aromatic rings. The standard InChI is InChI=1S/C16H14F3NO4S/c1-9-3-4-12-11(7-9)15(16(17,18)19)20(25(12,22)23)13-8-10(21)5-6-14(13,2)24-15/h3-7,13H,8H2,1-2H3/t13-,14+,15-/m0/s1. The number of aryl methyl sites for hydroxylation is 1. The zero-order chi connectivity index (χ0) is 18.4. The van der Waals surface area contributed by atoms with Crippen molar-refractivity contribution in [3.05, 3.63) is 41.5 Å². The lowest BCUT2D eigenvalue weighted by molar-refractivity contribution is -0.309. The number of sulfonamides is 1. The van der Waals surface area contributed by atoms with E-state index in [9.17, 15) is 26.4 Å². The molecule has 0 saturated carbocycles. The van der Waals surface area contributed by atoms with Crippen molar-refractivity contribution in [2.45, 2.75) is 48.7 Å². The van der Waals surface area contributed by atoms with Crippen LogP contribution in [0.3, 0.4) is 0 Å². The van der Waals surface area contributed by atoms with Gasteiger partial charge >= 0.3 is 6.18 Å². The molecular formula is C16H14F3NO4S. The minimum absolute atomic E-state index is 0.353. The molecule has 1 fully saturated rings. The van der Waals surface area contributed by atoms with Gasteiger partial charge < -0.3 is 4.74 Å². The molecule has 1 saturated heterocycles. The van der Waals surface area contributed by atoms with Gasteiger partial charge in [0.25, 0.3) is 5.72 Å². The van der Waals surface area contributed by atoms with Gasteiger partial charge in [-0.15, -0.1) is 4.31 Å². The van der Waals surface area contributed by atoms with Crippen LogP contribution >= 0.6 is 0 Å². The van der Waals surface area contributed by atoms with E-state index in [0.29, 0.717) is 9.87 Å². The second kappa shape index (κ2) is 4.52. The maximum absolute atomic E-state index is 14.2. The van der Waals surface area contributed by atoms with E-state index in [1.165, 1.54) is 25.1 Å². The molecule has 0 N–H and O–H groups in total. The van der Waals surface area contributed by atoms with E-state index in [4.69, 9.17) is 4.74 Å². The van der Waals surface area contributed by atoms with Gasteiger partial charge in [0.2, 0.25) is 10.0 Å². The maximum Gasteiger partial charge on any atom is 0.437 e. The van der Waals surface area contributed by atoms with Crippen molar-refractivity contribution in [1.29, 1.82) is 0 Å². The van der Waals surface area contributed by atoms with Crippen LogP contribution in [0.25, 0.3) is 0 Å². The Kier molecular flexibility index (Phi) is 3.03. The van der Waals surface area contributed by atoms with E-state index < -0.39 is 49.8 Å². The third-order valence-electron chi connectivity index (χ3n) is 5.04. The van der Waals surface area contributed by atoms with Crippen LogP contribution in [-0.4, -0.2) is 36.3 Å². The van der Waals surface area contributed by atoms with Crippen LogP contribution in [0.15, 0.2) is 35.2 Å². The first kappa shape index (κ1) is 16.7. The smallest absolute Gasteiger partial charge is 0.335 e. The molecule has 9 heteroatoms. The highest BCUT2D eigenvalue weighted by Gasteiger charge is 2.78. The number of nitrogens with zero attached hydrogens (tertiary/aromatic N) is 1. The fraction of sp³-hybridized carbons (Fsp3) is 0.438. The SMILES string of the molecule is Cc1ccc2c(c1)[C@@]1(C(F)(F)F)O[C@]3(C)C=CC(=O)C[C@@H]3N1S2(=O)=O. The van der Waals surface area contributed by atoms with Crippen molar-refractivity contribution in [3.8, 4) is 0 Å². The van der Waals surface area contributed by atoms with Crippen molar-refractivity contribution < 1.29 is 31.1 Å². The predicted octanol–water partition coefficient (Wildman–Crippen LogP) is 2.40. The molecule has 3 aliphatic rings. The monoisotopic (exact) mass is 373 g/mol. The van der Waals surface area contributed by atoms with Crippen molar-refractivity contribution in [3.63, 3.8) is 0 Å². The zero-order valence-electron chi connectivity index (χ0n) is 13.3. The Morgan fingerprint density at radius 1 is 1.32 bits per heavy atom. The zero-order valence-corrected chi connectivity index (χ0v) is 14.1. The van der Waals surface area contributed by atoms with Gasteiger partial charge in [0.1, 0.15) is 5.60 Å². The van der Waals surface area contributed by atoms with Crippen molar-refractivity contribution in [2.24, 2.45) is 0 Å². The highest BCUT2D eigenvalue weighted by atomic mass is 32.2. The summed E-state index contributed by atoms with van der Waals surface area (Å²) in [6.07, 6.45) is -3.01. The number of fused-ring (bicyclic) bond motifs is 5. The molecule has 0 radical (unpaired) electrons. The van der Waals surface area contributed by atoms with Crippen LogP contribution in [0.1, 0.15) is 24.5 Å². The Morgan fingerprint density at radius 2 is 2.00 bits per heavy atom. The largest absolute Gasteiger partial charge is 0.437 e. The lowest BCUT2D eigenvalue weighted by atomic mass is 9.87. The number of allylic oxidation sites excluding steroid dienone is 1. The molecule has 0 aromatic heterocycles. The summed E-state index contributed by atoms with van der Waals surface area (Å²) >= 11 is 0. The van der Waals surface area contributed by atoms with Gasteiger partial charge in [-0.3, -0.25) is 4.79 Å². The average Bonchev–Trinajstić information content (AvgIpc) is 2.86. The normalized spacial score (nSPS) is 36.2. The number of alkyl halides is 3. The van der Waals surface area contributed by atoms with Gasteiger partial charge in [0, 0.05) is 12.0 Å². The molecule has 2 aliphatic heterocycles. The Balaban J connectivity index is 2.09. The molecule has 4 rings (SSSR count). The molecule has 1 aromatic carbocycles. The highest BCUT2D eigenvalue weighted by Crippen LogP contribution is 2.62. The first-order valence-electron chi connectivity index (χ1n) is 7.58. The maximum atomic E-state index is 14.2. The molecule has 2 heterocycles. The van der Waals surface area contributed by atoms with E-state index in [1.807, 2.05) is 0 Å². The van der Waals surface area contributed by atoms with E-state index in [1.54, 1.807) is 6.92 Å². The van der Waals surface area contributed by atoms with Crippen molar-refractivity contribution in [2.75, 3.05) is 0 Å². The molecule has 3 atom stereocenters. The Labute approximate surface area is 142 Å². The first-order valence-corrected chi connectivity index (χ1v) is 9.02. The third-order valence-corrected chi connectivity index (χ3v) is 6.98. The van der Waals surface area contributed by atoms with Gasteiger partial charge in [0.05, 0.1) is 10.9 Å². The summed E-state index contributed by atoms with van der Waals surface area (Å²) in [4.78, 5) is 11.4. The molecule has 0 amide bonds. The summed E-state index contributed by atoms with van der Waals surface area (Å²) in [6.45, 7) is 2.95. The van der Waals surface area contributed by atoms with Crippen LogP contribution in [0.5, 0.6) is 0 Å². The number of halogens is 3. The highest BCUT2D eigenvalue weighted by molar-refractivity contribution is 7.89. The average molecular weight is 373 g/mol. The molecule has 0 bridgehead atoms. The minimum Gasteiger partial charge on any atom is -0.335 e. The molecule has 0 unspecified atom stereocenters. The van der Waals surface area contributed by atoms with Gasteiger partial charge in [-0.2, -0.15) is 13.2 Å². The van der Waals surface area contributed by atoms with Crippen molar-refractivity contribution >= 4 is 15.8 Å². The van der Waals surface area contributed by atoms with Crippen LogP contribution in [0.4, 0.5) is 13.2 Å². The number of hydrogen-bond donors (Lipinski definition) is 0. The summed E-state index contributed by atoms with van der Waals surface area (Å²) in [5, 5.41) is 0. The van der Waals surface area contributed by atoms with Crippen LogP contribution in [-0.2, 0) is 25.3 Å². The van der Waals surface area contributed by atoms with E-state index in [2.05, 4.69) is 0 Å². The van der Waals surface area contributed by atoms with Crippen LogP contribution < -0.4 is 0 Å². The molecule has 134 valence electrons. The second-order valence-electron chi connectivity index (χ2n) is 6.75. The predicted molar refractivity (Wildman–Crippen MR) is 80.0 cm³/mol. The van der Waals surface area contributed by atoms with E-state index in [-0.39, 0.29) is 6.42 Å². The number of ketones is 1. The number of ether oxygens (including phenoxy) is 1. The van der Waals surface area contributed by atoms with Gasteiger partial charge in [0.15, 0.2) is 5.78 Å². The molecule has 1 aliphatic carbocycles. The van der Waals surface area contributed by atoms with Gasteiger partial charge in [-0.05, 0) is 32.1 Å². The van der Waals surface area contributed by atoms with E-state index in [0.717, 1.165) is 12.1 Å². The molecule has 0 spiro atoms. The number of benzene rings is 1. The van der Waals surface area contributed by atoms with Gasteiger partial charge in [-0.1, -0.05) is 17.7 Å². The molecular weight excluding hydrogens is 359 g/mol. The van der Waals surface area contributed by atoms with E-state index >= 15 is 0 Å². The minimum atomic E-state index is -5.02. The summed E-state index contributed by atoms with van der Waals surface area (Å²) in [7, 11) is -4.47. The second-order valence-corrected chi connectivity index (χ2v) is 8.53. The lowest BCUT2D eigenvalue weighted by Crippen LogP contribution is -2.53. The first-order chi connectivity index (χ1) is 11.4. The Hall–Kier alpha value is -1.71. The number of carbonyl (C=O) groups excluding carboxylic acids is 1. The quantitative estimate of drug-likeness (QED) is 0.701. The Bertz CT molecular complexity index is 939. The summed E-state index contributed by atoms with van der Waals surface area (Å²) in [5.41, 5.74) is -4.63. The number of rotatable bonds is 0. The number of carbonyl (C=O) groups is 1. The third kappa shape index (κ3) is 1.86. The summed E-state index contributed by atoms with van der Waals surface area (Å²) in [6, 6.07) is 2.53. The summed E-state index contributed by atoms with van der Waals surface area (Å²) in [5.74, 6) is -0.439. The fourth-order valence-electron chi connectivity index (χ4n) is 3.92. The fourth-order valence-corrected chi connectivity index (χ4v) is 6.04. The van der Waals surface area contributed by atoms with Crippen LogP contribution in [0.2, 0.25) is 0 Å². The topological polar surface area (TPSA) is 63.7 Å². The molecule has 25 heavy (non-hydrogen) atoms.